The first-order chi connectivity index (χ1) is 8.72. The summed E-state index contributed by atoms with van der Waals surface area (Å²) in [5.74, 6) is 2.04. The summed E-state index contributed by atoms with van der Waals surface area (Å²) in [5, 5.41) is 0.497. The monoisotopic (exact) mass is 261 g/mol. The highest BCUT2D eigenvalue weighted by molar-refractivity contribution is 6.34. The first-order valence-electron chi connectivity index (χ1n) is 5.59. The molecule has 0 saturated carbocycles. The van der Waals surface area contributed by atoms with E-state index >= 15 is 0 Å². The third kappa shape index (κ3) is 1.51. The van der Waals surface area contributed by atoms with Gasteiger partial charge in [-0.05, 0) is 24.3 Å². The van der Waals surface area contributed by atoms with Crippen molar-refractivity contribution in [1.82, 2.24) is 0 Å². The smallest absolute Gasteiger partial charge is 0.173 e. The Morgan fingerprint density at radius 3 is 2.67 bits per heavy atom. The zero-order chi connectivity index (χ0) is 12.7. The number of benzene rings is 2. The zero-order valence-corrected chi connectivity index (χ0v) is 10.9. The van der Waals surface area contributed by atoms with Crippen molar-refractivity contribution >= 4 is 23.0 Å². The number of methoxy groups -OCH3 is 1. The first-order valence-corrected chi connectivity index (χ1v) is 5.97. The van der Waals surface area contributed by atoms with Gasteiger partial charge in [-0.2, -0.15) is 0 Å². The van der Waals surface area contributed by atoms with E-state index in [1.165, 1.54) is 0 Å². The van der Waals surface area contributed by atoms with Crippen molar-refractivity contribution in [1.29, 1.82) is 0 Å². The maximum absolute atomic E-state index is 6.28. The van der Waals surface area contributed by atoms with Gasteiger partial charge in [0.05, 0.1) is 18.5 Å². The number of anilines is 2. The second-order valence-electron chi connectivity index (χ2n) is 4.06. The highest BCUT2D eigenvalue weighted by Crippen LogP contribution is 2.51. The summed E-state index contributed by atoms with van der Waals surface area (Å²) in [6.07, 6.45) is 0. The topological polar surface area (TPSA) is 21.7 Å². The van der Waals surface area contributed by atoms with Crippen LogP contribution in [0.5, 0.6) is 17.2 Å². The highest BCUT2D eigenvalue weighted by atomic mass is 35.5. The fourth-order valence-electron chi connectivity index (χ4n) is 2.11. The van der Waals surface area contributed by atoms with Crippen molar-refractivity contribution < 1.29 is 9.47 Å². The molecule has 18 heavy (non-hydrogen) atoms. The molecule has 4 heteroatoms. The summed E-state index contributed by atoms with van der Waals surface area (Å²) in [6.45, 7) is 0. The molecule has 0 spiro atoms. The summed E-state index contributed by atoms with van der Waals surface area (Å²) in [4.78, 5) is 2.06. The lowest BCUT2D eigenvalue weighted by atomic mass is 10.1. The molecule has 0 aliphatic carbocycles. The molecule has 1 heterocycles. The minimum atomic E-state index is 0.497. The molecule has 2 aromatic carbocycles. The maximum atomic E-state index is 6.28. The van der Waals surface area contributed by atoms with Gasteiger partial charge >= 0.3 is 0 Å². The molecule has 0 aromatic heterocycles. The number of nitrogens with zero attached hydrogens (tertiary/aromatic N) is 1. The molecule has 0 unspecified atom stereocenters. The van der Waals surface area contributed by atoms with E-state index in [-0.39, 0.29) is 0 Å². The Hall–Kier alpha value is -1.87. The third-order valence-corrected chi connectivity index (χ3v) is 3.42. The van der Waals surface area contributed by atoms with Crippen LogP contribution in [0.15, 0.2) is 36.4 Å². The summed E-state index contributed by atoms with van der Waals surface area (Å²) >= 11 is 6.28. The second kappa shape index (κ2) is 4.10. The molecule has 0 radical (unpaired) electrons. The molecule has 1 aliphatic heterocycles. The SMILES string of the molecule is COc1ccc2c(c1Cl)Oc1ccccc1N2C. The zero-order valence-electron chi connectivity index (χ0n) is 10.1. The van der Waals surface area contributed by atoms with Gasteiger partial charge in [0.25, 0.3) is 0 Å². The third-order valence-electron chi connectivity index (χ3n) is 3.06. The lowest BCUT2D eigenvalue weighted by molar-refractivity contribution is 0.408. The minimum absolute atomic E-state index is 0.497. The molecule has 0 fully saturated rings. The Morgan fingerprint density at radius 2 is 1.89 bits per heavy atom. The van der Waals surface area contributed by atoms with Crippen LogP contribution in [0.1, 0.15) is 0 Å². The Morgan fingerprint density at radius 1 is 1.11 bits per heavy atom. The Kier molecular flexibility index (Phi) is 2.56. The van der Waals surface area contributed by atoms with Crippen molar-refractivity contribution in [2.45, 2.75) is 0 Å². The number of rotatable bonds is 1. The second-order valence-corrected chi connectivity index (χ2v) is 4.44. The summed E-state index contributed by atoms with van der Waals surface area (Å²) < 4.78 is 11.1. The van der Waals surface area contributed by atoms with Crippen molar-refractivity contribution in [3.63, 3.8) is 0 Å². The number of hydrogen-bond donors (Lipinski definition) is 0. The van der Waals surface area contributed by atoms with Crippen LogP contribution in [0.25, 0.3) is 0 Å². The van der Waals surface area contributed by atoms with Crippen molar-refractivity contribution in [2.75, 3.05) is 19.1 Å². The quantitative estimate of drug-likeness (QED) is 0.767. The summed E-state index contributed by atoms with van der Waals surface area (Å²) in [7, 11) is 3.58. The van der Waals surface area contributed by atoms with Gasteiger partial charge in [0.15, 0.2) is 11.5 Å². The van der Waals surface area contributed by atoms with Crippen molar-refractivity contribution in [3.8, 4) is 17.2 Å². The normalized spacial score (nSPS) is 12.5. The van der Waals surface area contributed by atoms with Crippen LogP contribution in [0.4, 0.5) is 11.4 Å². The number of hydrogen-bond acceptors (Lipinski definition) is 3. The Labute approximate surface area is 111 Å². The molecule has 92 valence electrons. The van der Waals surface area contributed by atoms with Crippen LogP contribution in [0, 0.1) is 0 Å². The average molecular weight is 262 g/mol. The fourth-order valence-corrected chi connectivity index (χ4v) is 2.38. The predicted octanol–water partition coefficient (Wildman–Crippen LogP) is 4.22. The molecule has 0 atom stereocenters. The fraction of sp³-hybridized carbons (Fsp3) is 0.143. The number of ether oxygens (including phenoxy) is 2. The van der Waals surface area contributed by atoms with Gasteiger partial charge in [-0.25, -0.2) is 0 Å². The molecular weight excluding hydrogens is 250 g/mol. The molecule has 3 rings (SSSR count). The molecule has 0 bridgehead atoms. The predicted molar refractivity (Wildman–Crippen MR) is 72.6 cm³/mol. The largest absolute Gasteiger partial charge is 0.495 e. The van der Waals surface area contributed by atoms with E-state index in [1.54, 1.807) is 7.11 Å². The van der Waals surface area contributed by atoms with Gasteiger partial charge in [-0.1, -0.05) is 23.7 Å². The first kappa shape index (κ1) is 11.2. The van der Waals surface area contributed by atoms with Crippen LogP contribution >= 0.6 is 11.6 Å². The van der Waals surface area contributed by atoms with Crippen LogP contribution in [-0.4, -0.2) is 14.2 Å². The standard InChI is InChI=1S/C14H12ClNO2/c1-16-9-5-3-4-6-11(9)18-14-10(16)7-8-12(17-2)13(14)15/h3-8H,1-2H3. The molecular formula is C14H12ClNO2. The molecule has 1 aliphatic rings. The van der Waals surface area contributed by atoms with E-state index in [9.17, 15) is 0 Å². The summed E-state index contributed by atoms with van der Waals surface area (Å²) in [5.41, 5.74) is 1.95. The molecule has 0 N–H and O–H groups in total. The molecule has 3 nitrogen and oxygen atoms in total. The molecule has 2 aromatic rings. The number of para-hydroxylation sites is 2. The highest BCUT2D eigenvalue weighted by Gasteiger charge is 2.25. The van der Waals surface area contributed by atoms with Gasteiger partial charge < -0.3 is 14.4 Å². The van der Waals surface area contributed by atoms with Gasteiger partial charge in [0, 0.05) is 7.05 Å². The molecule has 0 saturated heterocycles. The van der Waals surface area contributed by atoms with Crippen molar-refractivity contribution in [3.05, 3.63) is 41.4 Å². The van der Waals surface area contributed by atoms with E-state index < -0.39 is 0 Å². The maximum Gasteiger partial charge on any atom is 0.173 e. The van der Waals surface area contributed by atoms with Crippen LogP contribution in [0.2, 0.25) is 5.02 Å². The van der Waals surface area contributed by atoms with Crippen molar-refractivity contribution in [2.24, 2.45) is 0 Å². The van der Waals surface area contributed by atoms with E-state index in [1.807, 2.05) is 43.4 Å². The number of halogens is 1. The van der Waals surface area contributed by atoms with Crippen LogP contribution < -0.4 is 14.4 Å². The minimum Gasteiger partial charge on any atom is -0.495 e. The van der Waals surface area contributed by atoms with Gasteiger partial charge in [0.2, 0.25) is 0 Å². The van der Waals surface area contributed by atoms with Gasteiger partial charge in [-0.15, -0.1) is 0 Å². The van der Waals surface area contributed by atoms with E-state index in [0.29, 0.717) is 16.5 Å². The number of fused-ring (bicyclic) bond motifs is 2. The van der Waals surface area contributed by atoms with E-state index in [0.717, 1.165) is 17.1 Å². The van der Waals surface area contributed by atoms with E-state index in [4.69, 9.17) is 21.1 Å². The lowest BCUT2D eigenvalue weighted by Gasteiger charge is -2.30. The van der Waals surface area contributed by atoms with Gasteiger partial charge in [0.1, 0.15) is 10.8 Å². The van der Waals surface area contributed by atoms with Crippen LogP contribution in [0.3, 0.4) is 0 Å². The average Bonchev–Trinajstić information content (AvgIpc) is 2.40. The summed E-state index contributed by atoms with van der Waals surface area (Å²) in [6, 6.07) is 11.6. The Bertz CT molecular complexity index is 613. The van der Waals surface area contributed by atoms with Crippen LogP contribution in [-0.2, 0) is 0 Å². The van der Waals surface area contributed by atoms with Gasteiger partial charge in [-0.3, -0.25) is 0 Å². The Balaban J connectivity index is 2.19. The lowest BCUT2D eigenvalue weighted by Crippen LogP contribution is -2.15. The molecule has 0 amide bonds. The van der Waals surface area contributed by atoms with E-state index in [2.05, 4.69) is 4.90 Å².